The van der Waals surface area contributed by atoms with Crippen LogP contribution in [-0.4, -0.2) is 32.1 Å². The van der Waals surface area contributed by atoms with E-state index in [1.807, 2.05) is 30.3 Å². The van der Waals surface area contributed by atoms with Crippen molar-refractivity contribution in [3.63, 3.8) is 0 Å². The number of nitrogens with two attached hydrogens (primary N) is 1. The van der Waals surface area contributed by atoms with Gasteiger partial charge in [0.05, 0.1) is 11.9 Å². The van der Waals surface area contributed by atoms with Crippen LogP contribution < -0.4 is 32.3 Å². The molecule has 0 saturated carbocycles. The fraction of sp³-hybridized carbons (Fsp3) is 0.0769. The first-order valence-corrected chi connectivity index (χ1v) is 10.7. The molecule has 0 radical (unpaired) electrons. The summed E-state index contributed by atoms with van der Waals surface area (Å²) in [4.78, 5) is 46.4. The summed E-state index contributed by atoms with van der Waals surface area (Å²) >= 11 is 0. The van der Waals surface area contributed by atoms with Gasteiger partial charge < -0.3 is 25.5 Å². The molecule has 2 heterocycles. The molecule has 2 aromatic carbocycles. The van der Waals surface area contributed by atoms with Crippen LogP contribution in [0, 0.1) is 0 Å². The number of hydrogen-bond donors (Lipinski definition) is 4. The minimum Gasteiger partial charge on any atom is -0.508 e. The second-order valence-corrected chi connectivity index (χ2v) is 7.75. The van der Waals surface area contributed by atoms with Gasteiger partial charge in [0.15, 0.2) is 0 Å². The molecule has 0 saturated heterocycles. The number of ether oxygens (including phenoxy) is 1. The van der Waals surface area contributed by atoms with E-state index in [2.05, 4.69) is 15.0 Å². The molecule has 4 aromatic rings. The summed E-state index contributed by atoms with van der Waals surface area (Å²) in [6.07, 6.45) is 4.56. The highest BCUT2D eigenvalue weighted by Gasteiger charge is 2.17. The molecule has 0 aliphatic carbocycles. The average molecular weight is 470 g/mol. The average Bonchev–Trinajstić information content (AvgIpc) is 2.85. The fourth-order valence-electron chi connectivity index (χ4n) is 3.26. The first-order valence-electron chi connectivity index (χ1n) is 10.7. The minimum absolute atomic E-state index is 0.0355. The molecule has 176 valence electrons. The van der Waals surface area contributed by atoms with Gasteiger partial charge in [-0.3, -0.25) is 14.6 Å². The highest BCUT2D eigenvalue weighted by Crippen LogP contribution is 2.13. The van der Waals surface area contributed by atoms with Crippen molar-refractivity contribution in [2.75, 3.05) is 0 Å². The topological polar surface area (TPSA) is 151 Å². The number of carbonyl (C=O) groups excluding carboxylic acids is 1. The Morgan fingerprint density at radius 2 is 1.60 bits per heavy atom. The Balaban J connectivity index is 1.47. The van der Waals surface area contributed by atoms with Gasteiger partial charge in [0.25, 0.3) is 11.1 Å². The summed E-state index contributed by atoms with van der Waals surface area (Å²) in [7, 11) is 0. The quantitative estimate of drug-likeness (QED) is 0.296. The van der Waals surface area contributed by atoms with Crippen LogP contribution in [0.25, 0.3) is 12.2 Å². The van der Waals surface area contributed by atoms with E-state index >= 15 is 0 Å². The zero-order valence-electron chi connectivity index (χ0n) is 18.5. The molecule has 2 aromatic heterocycles. The molecule has 35 heavy (non-hydrogen) atoms. The lowest BCUT2D eigenvalue weighted by atomic mass is 10.1. The van der Waals surface area contributed by atoms with Crippen molar-refractivity contribution in [1.82, 2.24) is 15.0 Å². The maximum Gasteiger partial charge on any atom is 0.328 e. The van der Waals surface area contributed by atoms with Gasteiger partial charge in [0.2, 0.25) is 0 Å². The summed E-state index contributed by atoms with van der Waals surface area (Å²) in [5.41, 5.74) is 6.92. The molecule has 1 unspecified atom stereocenters. The third-order valence-electron chi connectivity index (χ3n) is 5.06. The third-order valence-corrected chi connectivity index (χ3v) is 5.06. The molecule has 0 amide bonds. The van der Waals surface area contributed by atoms with Crippen molar-refractivity contribution in [2.45, 2.75) is 12.5 Å². The second kappa shape index (κ2) is 10.4. The lowest BCUT2D eigenvalue weighted by Crippen LogP contribution is -2.46. The standard InChI is InChI=1S/C26H22N4O5/c27-21(12-17-6-9-19(31)10-7-17)26(34)35-20-11-8-18(28-15-20)14-23-25(33)29-22(24(32)30-23)13-16-4-2-1-3-5-16/h1-11,13-15,21,31H,12,27H2,(H,29,33)(H,30,32)/b22-13-,23-14-. The lowest BCUT2D eigenvalue weighted by molar-refractivity contribution is -0.135. The van der Waals surface area contributed by atoms with Crippen LogP contribution in [0.15, 0.2) is 82.5 Å². The number of esters is 1. The van der Waals surface area contributed by atoms with Crippen LogP contribution >= 0.6 is 0 Å². The number of carbonyl (C=O) groups is 1. The van der Waals surface area contributed by atoms with E-state index in [0.29, 0.717) is 5.69 Å². The van der Waals surface area contributed by atoms with Gasteiger partial charge in [-0.1, -0.05) is 42.5 Å². The molecule has 0 fully saturated rings. The summed E-state index contributed by atoms with van der Waals surface area (Å²) in [6.45, 7) is 0. The monoisotopic (exact) mass is 470 g/mol. The summed E-state index contributed by atoms with van der Waals surface area (Å²) < 4.78 is 5.27. The smallest absolute Gasteiger partial charge is 0.328 e. The largest absolute Gasteiger partial charge is 0.508 e. The van der Waals surface area contributed by atoms with E-state index in [4.69, 9.17) is 10.5 Å². The highest BCUT2D eigenvalue weighted by molar-refractivity contribution is 5.78. The molecule has 0 bridgehead atoms. The zero-order valence-corrected chi connectivity index (χ0v) is 18.5. The van der Waals surface area contributed by atoms with Gasteiger partial charge in [-0.15, -0.1) is 0 Å². The van der Waals surface area contributed by atoms with Gasteiger partial charge in [0, 0.05) is 0 Å². The summed E-state index contributed by atoms with van der Waals surface area (Å²) in [5.74, 6) is -0.327. The lowest BCUT2D eigenvalue weighted by Gasteiger charge is -2.11. The van der Waals surface area contributed by atoms with E-state index in [9.17, 15) is 19.5 Å². The van der Waals surface area contributed by atoms with Crippen LogP contribution in [0.1, 0.15) is 16.8 Å². The molecule has 1 atom stereocenters. The van der Waals surface area contributed by atoms with E-state index in [0.717, 1.165) is 11.1 Å². The van der Waals surface area contributed by atoms with Crippen LogP contribution in [0.5, 0.6) is 11.5 Å². The number of pyridine rings is 1. The van der Waals surface area contributed by atoms with Crippen molar-refractivity contribution < 1.29 is 14.6 Å². The van der Waals surface area contributed by atoms with Crippen LogP contribution in [-0.2, 0) is 11.2 Å². The Kier molecular flexibility index (Phi) is 6.99. The third kappa shape index (κ3) is 6.18. The fourth-order valence-corrected chi connectivity index (χ4v) is 3.26. The molecular weight excluding hydrogens is 448 g/mol. The second-order valence-electron chi connectivity index (χ2n) is 7.75. The van der Waals surface area contributed by atoms with Gasteiger partial charge in [-0.25, -0.2) is 4.79 Å². The van der Waals surface area contributed by atoms with Crippen molar-refractivity contribution in [3.8, 4) is 11.5 Å². The predicted octanol–water partition coefficient (Wildman–Crippen LogP) is 0.297. The van der Waals surface area contributed by atoms with E-state index in [1.165, 1.54) is 36.5 Å². The maximum absolute atomic E-state index is 12.4. The number of nitrogens with one attached hydrogen (secondary N) is 2. The van der Waals surface area contributed by atoms with Crippen molar-refractivity contribution in [3.05, 3.63) is 121 Å². The van der Waals surface area contributed by atoms with Crippen molar-refractivity contribution >= 4 is 18.1 Å². The Morgan fingerprint density at radius 3 is 2.23 bits per heavy atom. The van der Waals surface area contributed by atoms with Crippen molar-refractivity contribution in [2.24, 2.45) is 5.73 Å². The van der Waals surface area contributed by atoms with Gasteiger partial charge >= 0.3 is 5.97 Å². The number of phenolic OH excluding ortho intramolecular Hbond substituents is 1. The van der Waals surface area contributed by atoms with Crippen LogP contribution in [0.3, 0.4) is 0 Å². The maximum atomic E-state index is 12.4. The Morgan fingerprint density at radius 1 is 0.943 bits per heavy atom. The number of rotatable bonds is 6. The molecular formula is C26H22N4O5. The highest BCUT2D eigenvalue weighted by atomic mass is 16.5. The summed E-state index contributed by atoms with van der Waals surface area (Å²) in [5, 5.41) is 9.51. The number of aromatic hydroxyl groups is 1. The molecule has 5 N–H and O–H groups in total. The Bertz CT molecular complexity index is 1560. The van der Waals surface area contributed by atoms with E-state index < -0.39 is 23.1 Å². The minimum atomic E-state index is -0.902. The Labute approximate surface area is 198 Å². The number of aromatic nitrogens is 3. The number of hydrogen-bond acceptors (Lipinski definition) is 7. The SMILES string of the molecule is NC(Cc1ccc(O)cc1)C(=O)Oc1ccc(/C=c2\[nH]c(=O)/c(=C/c3ccccc3)[nH]c2=O)nc1. The molecule has 4 rings (SSSR count). The zero-order chi connectivity index (χ0) is 24.8. The van der Waals surface area contributed by atoms with Gasteiger partial charge in [-0.05, 0) is 54.0 Å². The van der Waals surface area contributed by atoms with Gasteiger partial charge in [0.1, 0.15) is 28.2 Å². The van der Waals surface area contributed by atoms with Crippen LogP contribution in [0.2, 0.25) is 0 Å². The molecule has 0 spiro atoms. The normalized spacial score (nSPS) is 12.9. The first-order chi connectivity index (χ1) is 16.9. The number of H-pyrrole nitrogens is 2. The number of nitrogens with zero attached hydrogens (tertiary/aromatic N) is 1. The number of aromatic amines is 2. The Hall–Kier alpha value is -4.76. The summed E-state index contributed by atoms with van der Waals surface area (Å²) in [6, 6.07) is 17.7. The van der Waals surface area contributed by atoms with Crippen LogP contribution in [0.4, 0.5) is 0 Å². The first kappa shape index (κ1) is 23.4. The van der Waals surface area contributed by atoms with Gasteiger partial charge in [-0.2, -0.15) is 0 Å². The predicted molar refractivity (Wildman–Crippen MR) is 130 cm³/mol. The van der Waals surface area contributed by atoms with E-state index in [-0.39, 0.29) is 28.6 Å². The molecule has 9 nitrogen and oxygen atoms in total. The van der Waals surface area contributed by atoms with Crippen molar-refractivity contribution in [1.29, 1.82) is 0 Å². The number of benzene rings is 2. The molecule has 0 aliphatic heterocycles. The molecule has 9 heteroatoms. The molecule has 0 aliphatic rings. The van der Waals surface area contributed by atoms with E-state index in [1.54, 1.807) is 18.2 Å². The number of phenols is 1.